The molecule has 0 bridgehead atoms. The molecule has 0 atom stereocenters. The highest BCUT2D eigenvalue weighted by Gasteiger charge is 2.20. The summed E-state index contributed by atoms with van der Waals surface area (Å²) in [4.78, 5) is 14.0. The molecule has 1 heterocycles. The Morgan fingerprint density at radius 3 is 2.76 bits per heavy atom. The fraction of sp³-hybridized carbons (Fsp3) is 0. The molecule has 88 valence electrons. The van der Waals surface area contributed by atoms with Gasteiger partial charge in [-0.2, -0.15) is 4.98 Å². The number of nitro groups is 1. The predicted molar refractivity (Wildman–Crippen MR) is 65.3 cm³/mol. The molecule has 1 aromatic carbocycles. The summed E-state index contributed by atoms with van der Waals surface area (Å²) < 4.78 is 5.27. The smallest absolute Gasteiger partial charge is 0.313 e. The Labute approximate surface area is 110 Å². The molecule has 0 fully saturated rings. The van der Waals surface area contributed by atoms with Crippen LogP contribution in [0.1, 0.15) is 0 Å². The summed E-state index contributed by atoms with van der Waals surface area (Å²) in [6.45, 7) is 0. The van der Waals surface area contributed by atoms with Gasteiger partial charge in [0, 0.05) is 11.4 Å². The highest BCUT2D eigenvalue weighted by Crippen LogP contribution is 2.38. The standard InChI is InChI=1S/C9H4Cl2N2O3S/c10-5-2-1-3-6(13(14)15)8(5)16-9-12-7(11)4-17-9/h1-4H. The quantitative estimate of drug-likeness (QED) is 0.629. The van der Waals surface area contributed by atoms with Crippen LogP contribution in [0.4, 0.5) is 5.69 Å². The normalized spacial score (nSPS) is 10.2. The molecular weight excluding hydrogens is 287 g/mol. The number of benzene rings is 1. The van der Waals surface area contributed by atoms with E-state index < -0.39 is 4.92 Å². The highest BCUT2D eigenvalue weighted by molar-refractivity contribution is 7.11. The summed E-state index contributed by atoms with van der Waals surface area (Å²) >= 11 is 12.6. The average Bonchev–Trinajstić information content (AvgIpc) is 2.67. The van der Waals surface area contributed by atoms with Gasteiger partial charge in [0.25, 0.3) is 5.19 Å². The number of para-hydroxylation sites is 1. The van der Waals surface area contributed by atoms with E-state index in [-0.39, 0.29) is 26.8 Å². The molecule has 5 nitrogen and oxygen atoms in total. The zero-order valence-corrected chi connectivity index (χ0v) is 10.4. The fourth-order valence-electron chi connectivity index (χ4n) is 1.12. The predicted octanol–water partition coefficient (Wildman–Crippen LogP) is 4.15. The number of rotatable bonds is 3. The van der Waals surface area contributed by atoms with Crippen LogP contribution in [0.2, 0.25) is 10.2 Å². The van der Waals surface area contributed by atoms with Crippen molar-refractivity contribution < 1.29 is 9.66 Å². The van der Waals surface area contributed by atoms with Crippen LogP contribution in [0.3, 0.4) is 0 Å². The van der Waals surface area contributed by atoms with E-state index in [0.717, 1.165) is 11.3 Å². The minimum Gasteiger partial charge on any atom is -0.422 e. The third-order valence-corrected chi connectivity index (χ3v) is 3.13. The number of nitrogens with zero attached hydrogens (tertiary/aromatic N) is 2. The van der Waals surface area contributed by atoms with E-state index in [2.05, 4.69) is 4.98 Å². The van der Waals surface area contributed by atoms with Crippen LogP contribution in [0, 0.1) is 10.1 Å². The number of hydrogen-bond donors (Lipinski definition) is 0. The molecule has 2 rings (SSSR count). The van der Waals surface area contributed by atoms with Crippen molar-refractivity contribution in [3.8, 4) is 10.9 Å². The van der Waals surface area contributed by atoms with E-state index in [1.165, 1.54) is 18.2 Å². The summed E-state index contributed by atoms with van der Waals surface area (Å²) in [5, 5.41) is 13.0. The molecule has 0 aliphatic carbocycles. The van der Waals surface area contributed by atoms with Crippen molar-refractivity contribution in [3.05, 3.63) is 43.9 Å². The average molecular weight is 291 g/mol. The Hall–Kier alpha value is -1.37. The van der Waals surface area contributed by atoms with Gasteiger partial charge in [0.2, 0.25) is 5.75 Å². The lowest BCUT2D eigenvalue weighted by Gasteiger charge is -2.04. The second-order valence-electron chi connectivity index (χ2n) is 2.88. The number of nitro benzene ring substituents is 1. The largest absolute Gasteiger partial charge is 0.422 e. The Balaban J connectivity index is 2.40. The van der Waals surface area contributed by atoms with Crippen molar-refractivity contribution in [1.29, 1.82) is 0 Å². The van der Waals surface area contributed by atoms with Crippen LogP contribution >= 0.6 is 34.5 Å². The third kappa shape index (κ3) is 2.66. The van der Waals surface area contributed by atoms with Gasteiger partial charge < -0.3 is 4.74 Å². The summed E-state index contributed by atoms with van der Waals surface area (Å²) in [6, 6.07) is 4.28. The maximum absolute atomic E-state index is 10.8. The fourth-order valence-corrected chi connectivity index (χ4v) is 2.12. The van der Waals surface area contributed by atoms with Gasteiger partial charge in [-0.25, -0.2) is 0 Å². The summed E-state index contributed by atoms with van der Waals surface area (Å²) in [6.07, 6.45) is 0. The molecular formula is C9H4Cl2N2O3S. The van der Waals surface area contributed by atoms with E-state index in [1.807, 2.05) is 0 Å². The first-order valence-electron chi connectivity index (χ1n) is 4.29. The summed E-state index contributed by atoms with van der Waals surface area (Å²) in [5.74, 6) is -0.0369. The summed E-state index contributed by atoms with van der Waals surface area (Å²) in [5.41, 5.74) is -0.219. The first-order chi connectivity index (χ1) is 8.08. The molecule has 0 amide bonds. The second-order valence-corrected chi connectivity index (χ2v) is 4.50. The van der Waals surface area contributed by atoms with Gasteiger partial charge in [0.05, 0.1) is 9.95 Å². The van der Waals surface area contributed by atoms with Crippen LogP contribution in [0.25, 0.3) is 0 Å². The molecule has 0 spiro atoms. The maximum Gasteiger partial charge on any atom is 0.313 e. The minimum atomic E-state index is -0.573. The van der Waals surface area contributed by atoms with Gasteiger partial charge in [-0.15, -0.1) is 0 Å². The lowest BCUT2D eigenvalue weighted by atomic mass is 10.3. The number of aromatic nitrogens is 1. The third-order valence-electron chi connectivity index (χ3n) is 1.79. The Morgan fingerprint density at radius 1 is 1.41 bits per heavy atom. The molecule has 2 aromatic rings. The minimum absolute atomic E-state index is 0.0369. The van der Waals surface area contributed by atoms with Gasteiger partial charge in [-0.3, -0.25) is 10.1 Å². The van der Waals surface area contributed by atoms with Gasteiger partial charge >= 0.3 is 5.69 Å². The molecule has 17 heavy (non-hydrogen) atoms. The molecule has 0 aliphatic rings. The molecule has 1 aromatic heterocycles. The van der Waals surface area contributed by atoms with E-state index in [1.54, 1.807) is 5.38 Å². The molecule has 8 heteroatoms. The number of thiazole rings is 1. The van der Waals surface area contributed by atoms with Crippen LogP contribution < -0.4 is 4.74 Å². The number of hydrogen-bond acceptors (Lipinski definition) is 5. The summed E-state index contributed by atoms with van der Waals surface area (Å²) in [7, 11) is 0. The van der Waals surface area contributed by atoms with Crippen LogP contribution in [0.5, 0.6) is 10.9 Å². The van der Waals surface area contributed by atoms with E-state index in [0.29, 0.717) is 0 Å². The molecule has 0 unspecified atom stereocenters. The topological polar surface area (TPSA) is 65.3 Å². The molecule has 0 saturated heterocycles. The van der Waals surface area contributed by atoms with Crippen molar-refractivity contribution in [3.63, 3.8) is 0 Å². The highest BCUT2D eigenvalue weighted by atomic mass is 35.5. The monoisotopic (exact) mass is 290 g/mol. The molecule has 0 radical (unpaired) electrons. The van der Waals surface area contributed by atoms with Crippen molar-refractivity contribution in [2.75, 3.05) is 0 Å². The molecule has 0 saturated carbocycles. The van der Waals surface area contributed by atoms with Gasteiger partial charge in [-0.05, 0) is 6.07 Å². The Morgan fingerprint density at radius 2 is 2.18 bits per heavy atom. The maximum atomic E-state index is 10.8. The molecule has 0 aliphatic heterocycles. The van der Waals surface area contributed by atoms with Crippen LogP contribution in [-0.2, 0) is 0 Å². The van der Waals surface area contributed by atoms with Crippen molar-refractivity contribution >= 4 is 40.2 Å². The first kappa shape index (κ1) is 12.1. The first-order valence-corrected chi connectivity index (χ1v) is 5.93. The lowest BCUT2D eigenvalue weighted by Crippen LogP contribution is -1.93. The SMILES string of the molecule is O=[N+]([O-])c1cccc(Cl)c1Oc1nc(Cl)cs1. The second kappa shape index (κ2) is 4.87. The van der Waals surface area contributed by atoms with Crippen LogP contribution in [0.15, 0.2) is 23.6 Å². The number of halogens is 2. The Bertz CT molecular complexity index is 573. The Kier molecular flexibility index (Phi) is 3.46. The zero-order valence-electron chi connectivity index (χ0n) is 8.09. The zero-order chi connectivity index (χ0) is 12.4. The van der Waals surface area contributed by atoms with E-state index >= 15 is 0 Å². The van der Waals surface area contributed by atoms with Gasteiger partial charge in [-0.1, -0.05) is 40.6 Å². The van der Waals surface area contributed by atoms with E-state index in [9.17, 15) is 10.1 Å². The number of ether oxygens (including phenoxy) is 1. The van der Waals surface area contributed by atoms with Crippen molar-refractivity contribution in [2.24, 2.45) is 0 Å². The van der Waals surface area contributed by atoms with Gasteiger partial charge in [0.15, 0.2) is 0 Å². The van der Waals surface area contributed by atoms with E-state index in [4.69, 9.17) is 27.9 Å². The lowest BCUT2D eigenvalue weighted by molar-refractivity contribution is -0.385. The van der Waals surface area contributed by atoms with Crippen molar-refractivity contribution in [1.82, 2.24) is 4.98 Å². The molecule has 0 N–H and O–H groups in total. The van der Waals surface area contributed by atoms with Gasteiger partial charge in [0.1, 0.15) is 5.15 Å². The van der Waals surface area contributed by atoms with Crippen LogP contribution in [-0.4, -0.2) is 9.91 Å². The van der Waals surface area contributed by atoms with Crippen molar-refractivity contribution in [2.45, 2.75) is 0 Å².